The van der Waals surface area contributed by atoms with Gasteiger partial charge < -0.3 is 19.3 Å². The van der Waals surface area contributed by atoms with E-state index in [-0.39, 0.29) is 25.4 Å². The van der Waals surface area contributed by atoms with Crippen LogP contribution in [0.1, 0.15) is 81.4 Å². The van der Waals surface area contributed by atoms with Crippen molar-refractivity contribution in [3.63, 3.8) is 0 Å². The van der Waals surface area contributed by atoms with Crippen molar-refractivity contribution in [1.82, 2.24) is 15.8 Å². The fourth-order valence-electron chi connectivity index (χ4n) is 3.93. The molecule has 3 amide bonds. The topological polar surface area (TPSA) is 148 Å². The van der Waals surface area contributed by atoms with Gasteiger partial charge in [0.1, 0.15) is 17.8 Å². The molecule has 0 aliphatic heterocycles. The minimum atomic E-state index is -4.96. The van der Waals surface area contributed by atoms with Crippen LogP contribution in [0.3, 0.4) is 0 Å². The summed E-state index contributed by atoms with van der Waals surface area (Å²) in [7, 11) is 0. The zero-order chi connectivity index (χ0) is 34.3. The molecule has 46 heavy (non-hydrogen) atoms. The molecule has 0 saturated carbocycles. The van der Waals surface area contributed by atoms with Crippen molar-refractivity contribution in [3.8, 4) is 5.88 Å². The summed E-state index contributed by atoms with van der Waals surface area (Å²) in [5, 5.41) is 11.5. The van der Waals surface area contributed by atoms with Crippen molar-refractivity contribution >= 4 is 23.6 Å². The molecule has 0 aliphatic rings. The summed E-state index contributed by atoms with van der Waals surface area (Å²) in [5.41, 5.74) is 1.59. The zero-order valence-electron chi connectivity index (χ0n) is 26.3. The van der Waals surface area contributed by atoms with Gasteiger partial charge >= 0.3 is 12.3 Å². The summed E-state index contributed by atoms with van der Waals surface area (Å²) < 4.78 is 57.7. The number of allylic oxidation sites excluding steroid dienone is 2. The number of halogens is 3. The number of hydrogen-bond donors (Lipinski definition) is 4. The van der Waals surface area contributed by atoms with Crippen LogP contribution >= 0.6 is 0 Å². The molecule has 0 fully saturated rings. The number of benzene rings is 1. The Labute approximate surface area is 266 Å². The molecule has 1 heterocycles. The van der Waals surface area contributed by atoms with Gasteiger partial charge in [-0.3, -0.25) is 25.8 Å². The number of anilines is 1. The standard InChI is InChI=1S/C32H41F3N4O7/c1-6-17-44-29-24(32(33,34)35)19-25(36-30(43)46-31(3,4)5)27(37-29)28(42)39-38-26(41)18-23(16-12-7-9-13-21(2)40)45-20-22-14-10-8-11-15-22/h6,8,10-11,13-15,19,23,40H,1,7,9,12,16-18,20H2,2-5H3,(H,36,43)(H,38,41)(H,39,42)/b21-13+. The Hall–Kier alpha value is -4.59. The monoisotopic (exact) mass is 650 g/mol. The molecule has 0 bridgehead atoms. The van der Waals surface area contributed by atoms with Gasteiger partial charge in [-0.2, -0.15) is 13.2 Å². The molecule has 2 aromatic rings. The van der Waals surface area contributed by atoms with Crippen molar-refractivity contribution in [3.05, 3.63) is 77.7 Å². The van der Waals surface area contributed by atoms with Gasteiger partial charge in [0, 0.05) is 0 Å². The van der Waals surface area contributed by atoms with Crippen LogP contribution < -0.4 is 20.9 Å². The second kappa shape index (κ2) is 17.8. The number of aliphatic hydroxyl groups excluding tert-OH is 1. The van der Waals surface area contributed by atoms with Gasteiger partial charge in [0.25, 0.3) is 5.91 Å². The molecule has 11 nitrogen and oxygen atoms in total. The molecule has 0 aliphatic carbocycles. The van der Waals surface area contributed by atoms with E-state index < -0.39 is 58.6 Å². The quantitative estimate of drug-likeness (QED) is 0.0715. The van der Waals surface area contributed by atoms with Crippen LogP contribution in [0.25, 0.3) is 0 Å². The number of pyridine rings is 1. The average Bonchev–Trinajstić information content (AvgIpc) is 2.96. The average molecular weight is 651 g/mol. The lowest BCUT2D eigenvalue weighted by molar-refractivity contribution is -0.139. The highest BCUT2D eigenvalue weighted by molar-refractivity contribution is 6.02. The van der Waals surface area contributed by atoms with E-state index in [1.165, 1.54) is 6.08 Å². The summed E-state index contributed by atoms with van der Waals surface area (Å²) in [4.78, 5) is 42.1. The van der Waals surface area contributed by atoms with E-state index in [1.54, 1.807) is 33.8 Å². The number of carbonyl (C=O) groups is 3. The molecule has 0 radical (unpaired) electrons. The van der Waals surface area contributed by atoms with Crippen LogP contribution in [0.15, 0.2) is 60.9 Å². The first-order valence-electron chi connectivity index (χ1n) is 14.6. The van der Waals surface area contributed by atoms with Gasteiger partial charge in [0.2, 0.25) is 11.8 Å². The summed E-state index contributed by atoms with van der Waals surface area (Å²) in [5.74, 6) is -2.49. The van der Waals surface area contributed by atoms with E-state index in [2.05, 4.69) is 27.7 Å². The highest BCUT2D eigenvalue weighted by Gasteiger charge is 2.38. The third-order valence-corrected chi connectivity index (χ3v) is 5.96. The number of rotatable bonds is 15. The lowest BCUT2D eigenvalue weighted by Crippen LogP contribution is -2.43. The van der Waals surface area contributed by atoms with E-state index in [4.69, 9.17) is 14.2 Å². The first kappa shape index (κ1) is 37.6. The Balaban J connectivity index is 2.22. The number of unbranched alkanes of at least 4 members (excludes halogenated alkanes) is 2. The molecule has 2 rings (SSSR count). The van der Waals surface area contributed by atoms with Crippen molar-refractivity contribution < 1.29 is 46.9 Å². The van der Waals surface area contributed by atoms with E-state index in [0.717, 1.165) is 12.0 Å². The Morgan fingerprint density at radius 1 is 1.09 bits per heavy atom. The molecule has 0 saturated heterocycles. The molecule has 1 atom stereocenters. The number of nitrogens with zero attached hydrogens (tertiary/aromatic N) is 1. The molecule has 1 unspecified atom stereocenters. The highest BCUT2D eigenvalue weighted by Crippen LogP contribution is 2.38. The minimum absolute atomic E-state index is 0.154. The first-order chi connectivity index (χ1) is 21.6. The first-order valence-corrected chi connectivity index (χ1v) is 14.6. The molecule has 4 N–H and O–H groups in total. The number of ether oxygens (including phenoxy) is 3. The van der Waals surface area contributed by atoms with Gasteiger partial charge in [-0.25, -0.2) is 9.78 Å². The van der Waals surface area contributed by atoms with E-state index in [1.807, 2.05) is 30.3 Å². The van der Waals surface area contributed by atoms with Crippen LogP contribution in [0.2, 0.25) is 0 Å². The van der Waals surface area contributed by atoms with Gasteiger partial charge in [-0.05, 0) is 64.7 Å². The SMILES string of the molecule is C=CCOc1nc(C(=O)NNC(=O)CC(CCCC/C=C(\C)O)OCc2ccccc2)c(NC(=O)OC(C)(C)C)cc1C(F)(F)F. The third-order valence-electron chi connectivity index (χ3n) is 5.96. The molecular formula is C32H41F3N4O7. The van der Waals surface area contributed by atoms with Crippen LogP contribution in [-0.2, 0) is 27.1 Å². The Kier molecular flexibility index (Phi) is 14.5. The number of aliphatic hydroxyl groups is 1. The molecule has 1 aromatic carbocycles. The summed E-state index contributed by atoms with van der Waals surface area (Å²) >= 11 is 0. The van der Waals surface area contributed by atoms with Crippen LogP contribution in [0.5, 0.6) is 5.88 Å². The smallest absolute Gasteiger partial charge is 0.421 e. The number of aromatic nitrogens is 1. The van der Waals surface area contributed by atoms with Gasteiger partial charge in [-0.15, -0.1) is 0 Å². The Morgan fingerprint density at radius 2 is 1.78 bits per heavy atom. The number of hydrazine groups is 1. The summed E-state index contributed by atoms with van der Waals surface area (Å²) in [6, 6.07) is 9.82. The van der Waals surface area contributed by atoms with Crippen LogP contribution in [-0.4, -0.2) is 46.3 Å². The predicted octanol–water partition coefficient (Wildman–Crippen LogP) is 6.77. The molecular weight excluding hydrogens is 609 g/mol. The largest absolute Gasteiger partial charge is 0.513 e. The minimum Gasteiger partial charge on any atom is -0.513 e. The normalized spacial score (nSPS) is 12.5. The lowest BCUT2D eigenvalue weighted by Gasteiger charge is -2.21. The molecule has 14 heteroatoms. The van der Waals surface area contributed by atoms with Crippen molar-refractivity contribution in [2.24, 2.45) is 0 Å². The zero-order valence-corrected chi connectivity index (χ0v) is 26.3. The maximum absolute atomic E-state index is 13.8. The fourth-order valence-corrected chi connectivity index (χ4v) is 3.93. The van der Waals surface area contributed by atoms with Gasteiger partial charge in [-0.1, -0.05) is 49.4 Å². The van der Waals surface area contributed by atoms with E-state index in [9.17, 15) is 32.7 Å². The molecule has 252 valence electrons. The Morgan fingerprint density at radius 3 is 2.39 bits per heavy atom. The summed E-state index contributed by atoms with van der Waals surface area (Å²) in [6.45, 7) is 9.50. The van der Waals surface area contributed by atoms with Gasteiger partial charge in [0.15, 0.2) is 5.69 Å². The molecule has 1 aromatic heterocycles. The fraction of sp³-hybridized carbons (Fsp3) is 0.438. The lowest BCUT2D eigenvalue weighted by atomic mass is 10.1. The van der Waals surface area contributed by atoms with Crippen molar-refractivity contribution in [1.29, 1.82) is 0 Å². The van der Waals surface area contributed by atoms with Gasteiger partial charge in [0.05, 0.1) is 30.6 Å². The second-order valence-electron chi connectivity index (χ2n) is 11.2. The summed E-state index contributed by atoms with van der Waals surface area (Å²) in [6.07, 6.45) is -1.33. The highest BCUT2D eigenvalue weighted by atomic mass is 19.4. The number of carbonyl (C=O) groups excluding carboxylic acids is 3. The third kappa shape index (κ3) is 14.0. The van der Waals surface area contributed by atoms with Crippen LogP contribution in [0, 0.1) is 0 Å². The number of amides is 3. The van der Waals surface area contributed by atoms with E-state index >= 15 is 0 Å². The Bertz CT molecular complexity index is 1360. The van der Waals surface area contributed by atoms with Crippen molar-refractivity contribution in [2.45, 2.75) is 84.3 Å². The maximum Gasteiger partial charge on any atom is 0.421 e. The van der Waals surface area contributed by atoms with Crippen LogP contribution in [0.4, 0.5) is 23.7 Å². The van der Waals surface area contributed by atoms with Crippen molar-refractivity contribution in [2.75, 3.05) is 11.9 Å². The predicted molar refractivity (Wildman–Crippen MR) is 165 cm³/mol. The maximum atomic E-state index is 13.8. The molecule has 0 spiro atoms. The number of alkyl halides is 3. The number of hydrogen-bond acceptors (Lipinski definition) is 8. The van der Waals surface area contributed by atoms with E-state index in [0.29, 0.717) is 25.3 Å². The number of nitrogens with one attached hydrogen (secondary N) is 3. The second-order valence-corrected chi connectivity index (χ2v) is 11.2.